The number of likely N-dealkylation sites (N-methyl/N-ethyl adjacent to an activating group) is 1. The van der Waals surface area contributed by atoms with E-state index in [0.29, 0.717) is 6.42 Å². The highest BCUT2D eigenvalue weighted by Gasteiger charge is 2.12. The molecule has 1 N–H and O–H groups in total. The zero-order valence-corrected chi connectivity index (χ0v) is 13.8. The van der Waals surface area contributed by atoms with Gasteiger partial charge in [0.1, 0.15) is 0 Å². The molecule has 2 heterocycles. The van der Waals surface area contributed by atoms with Gasteiger partial charge in [-0.2, -0.15) is 0 Å². The molecule has 1 fully saturated rings. The fraction of sp³-hybridized carbons (Fsp3) is 0.688. The number of nitrogens with one attached hydrogen (secondary N) is 1. The summed E-state index contributed by atoms with van der Waals surface area (Å²) in [6.07, 6.45) is 3.67. The molecule has 0 spiro atoms. The van der Waals surface area contributed by atoms with Crippen LogP contribution in [-0.2, 0) is 11.2 Å². The minimum atomic E-state index is 0.199. The first kappa shape index (κ1) is 16.5. The van der Waals surface area contributed by atoms with E-state index in [9.17, 15) is 4.79 Å². The maximum Gasteiger partial charge on any atom is 0.220 e. The standard InChI is InChI=1S/C16H27N3OS/c1-18-10-12-19(13-11-18)9-4-8-17-16(20)7-2-5-15-6-3-14-21-15/h3,6,14H,2,4-5,7-13H2,1H3,(H,17,20). The molecule has 0 aromatic carbocycles. The highest BCUT2D eigenvalue weighted by molar-refractivity contribution is 7.09. The molecular formula is C16H27N3OS. The van der Waals surface area contributed by atoms with Crippen LogP contribution >= 0.6 is 11.3 Å². The SMILES string of the molecule is CN1CCN(CCCNC(=O)CCCc2cccs2)CC1. The first-order chi connectivity index (χ1) is 10.2. The Labute approximate surface area is 132 Å². The van der Waals surface area contributed by atoms with Gasteiger partial charge in [0.05, 0.1) is 0 Å². The second kappa shape index (κ2) is 9.18. The van der Waals surface area contributed by atoms with E-state index in [0.717, 1.165) is 58.5 Å². The lowest BCUT2D eigenvalue weighted by Gasteiger charge is -2.32. The molecule has 1 amide bonds. The first-order valence-electron chi connectivity index (χ1n) is 7.94. The van der Waals surface area contributed by atoms with Gasteiger partial charge >= 0.3 is 0 Å². The zero-order valence-electron chi connectivity index (χ0n) is 13.0. The van der Waals surface area contributed by atoms with Crippen molar-refractivity contribution in [3.05, 3.63) is 22.4 Å². The molecule has 2 rings (SSSR count). The Morgan fingerprint density at radius 2 is 2.10 bits per heavy atom. The van der Waals surface area contributed by atoms with Gasteiger partial charge in [0.25, 0.3) is 0 Å². The van der Waals surface area contributed by atoms with Gasteiger partial charge in [-0.1, -0.05) is 6.07 Å². The zero-order chi connectivity index (χ0) is 14.9. The third-order valence-corrected chi connectivity index (χ3v) is 4.91. The van der Waals surface area contributed by atoms with E-state index in [-0.39, 0.29) is 5.91 Å². The summed E-state index contributed by atoms with van der Waals surface area (Å²) in [4.78, 5) is 18.0. The first-order valence-corrected chi connectivity index (χ1v) is 8.82. The van der Waals surface area contributed by atoms with Crippen LogP contribution in [0.3, 0.4) is 0 Å². The van der Waals surface area contributed by atoms with Crippen molar-refractivity contribution in [3.8, 4) is 0 Å². The third kappa shape index (κ3) is 6.59. The highest BCUT2D eigenvalue weighted by Crippen LogP contribution is 2.11. The largest absolute Gasteiger partial charge is 0.356 e. The van der Waals surface area contributed by atoms with Gasteiger partial charge < -0.3 is 15.1 Å². The Balaban J connectivity index is 1.45. The van der Waals surface area contributed by atoms with E-state index in [1.807, 2.05) is 0 Å². The molecule has 1 aliphatic heterocycles. The summed E-state index contributed by atoms with van der Waals surface area (Å²) in [5, 5.41) is 5.13. The van der Waals surface area contributed by atoms with Crippen molar-refractivity contribution in [2.24, 2.45) is 0 Å². The van der Waals surface area contributed by atoms with Gasteiger partial charge in [0.15, 0.2) is 0 Å². The summed E-state index contributed by atoms with van der Waals surface area (Å²) in [5.74, 6) is 0.199. The van der Waals surface area contributed by atoms with Gasteiger partial charge in [0, 0.05) is 44.0 Å². The number of rotatable bonds is 8. The molecule has 0 radical (unpaired) electrons. The fourth-order valence-corrected chi connectivity index (χ4v) is 3.32. The predicted octanol–water partition coefficient (Wildman–Crippen LogP) is 1.82. The number of thiophene rings is 1. The van der Waals surface area contributed by atoms with Crippen molar-refractivity contribution < 1.29 is 4.79 Å². The number of carbonyl (C=O) groups is 1. The van der Waals surface area contributed by atoms with Crippen LogP contribution in [0.2, 0.25) is 0 Å². The minimum absolute atomic E-state index is 0.199. The Bertz CT molecular complexity index is 400. The Morgan fingerprint density at radius 1 is 1.29 bits per heavy atom. The van der Waals surface area contributed by atoms with Gasteiger partial charge in [-0.05, 0) is 44.3 Å². The van der Waals surface area contributed by atoms with Crippen LogP contribution in [0.25, 0.3) is 0 Å². The molecular weight excluding hydrogens is 282 g/mol. The summed E-state index contributed by atoms with van der Waals surface area (Å²) < 4.78 is 0. The van der Waals surface area contributed by atoms with Crippen LogP contribution in [0.15, 0.2) is 17.5 Å². The second-order valence-corrected chi connectivity index (χ2v) is 6.81. The van der Waals surface area contributed by atoms with E-state index < -0.39 is 0 Å². The number of nitrogens with zero attached hydrogens (tertiary/aromatic N) is 2. The highest BCUT2D eigenvalue weighted by atomic mass is 32.1. The molecule has 0 saturated carbocycles. The summed E-state index contributed by atoms with van der Waals surface area (Å²) in [6.45, 7) is 6.55. The number of aryl methyl sites for hydroxylation is 1. The summed E-state index contributed by atoms with van der Waals surface area (Å²) in [5.41, 5.74) is 0. The summed E-state index contributed by atoms with van der Waals surface area (Å²) in [6, 6.07) is 4.21. The molecule has 118 valence electrons. The van der Waals surface area contributed by atoms with Gasteiger partial charge in [-0.3, -0.25) is 4.79 Å². The van der Waals surface area contributed by atoms with Crippen LogP contribution in [-0.4, -0.2) is 62.0 Å². The van der Waals surface area contributed by atoms with E-state index in [1.165, 1.54) is 4.88 Å². The van der Waals surface area contributed by atoms with Gasteiger partial charge in [-0.25, -0.2) is 0 Å². The second-order valence-electron chi connectivity index (χ2n) is 5.78. The molecule has 0 aliphatic carbocycles. The van der Waals surface area contributed by atoms with Crippen LogP contribution in [0.4, 0.5) is 0 Å². The molecule has 1 saturated heterocycles. The quantitative estimate of drug-likeness (QED) is 0.744. The molecule has 1 aromatic heterocycles. The lowest BCUT2D eigenvalue weighted by molar-refractivity contribution is -0.121. The number of hydrogen-bond acceptors (Lipinski definition) is 4. The topological polar surface area (TPSA) is 35.6 Å². The van der Waals surface area contributed by atoms with E-state index in [4.69, 9.17) is 0 Å². The lowest BCUT2D eigenvalue weighted by atomic mass is 10.2. The molecule has 1 aliphatic rings. The van der Waals surface area contributed by atoms with E-state index in [2.05, 4.69) is 39.7 Å². The van der Waals surface area contributed by atoms with Crippen LogP contribution in [0.1, 0.15) is 24.1 Å². The molecule has 0 unspecified atom stereocenters. The average Bonchev–Trinajstić information content (AvgIpc) is 2.99. The monoisotopic (exact) mass is 309 g/mol. The number of carbonyl (C=O) groups excluding carboxylic acids is 1. The summed E-state index contributed by atoms with van der Waals surface area (Å²) in [7, 11) is 2.17. The predicted molar refractivity (Wildman–Crippen MR) is 88.8 cm³/mol. The Morgan fingerprint density at radius 3 is 2.81 bits per heavy atom. The van der Waals surface area contributed by atoms with Crippen molar-refractivity contribution in [1.82, 2.24) is 15.1 Å². The lowest BCUT2D eigenvalue weighted by Crippen LogP contribution is -2.45. The maximum absolute atomic E-state index is 11.7. The Kier molecular flexibility index (Phi) is 7.19. The number of piperazine rings is 1. The van der Waals surface area contributed by atoms with Gasteiger partial charge in [-0.15, -0.1) is 11.3 Å². The van der Waals surface area contributed by atoms with Crippen molar-refractivity contribution in [2.45, 2.75) is 25.7 Å². The average molecular weight is 309 g/mol. The van der Waals surface area contributed by atoms with E-state index in [1.54, 1.807) is 11.3 Å². The normalized spacial score (nSPS) is 17.0. The number of amides is 1. The van der Waals surface area contributed by atoms with Crippen molar-refractivity contribution in [1.29, 1.82) is 0 Å². The molecule has 21 heavy (non-hydrogen) atoms. The maximum atomic E-state index is 11.7. The summed E-state index contributed by atoms with van der Waals surface area (Å²) >= 11 is 1.77. The Hall–Kier alpha value is -0.910. The van der Waals surface area contributed by atoms with E-state index >= 15 is 0 Å². The fourth-order valence-electron chi connectivity index (χ4n) is 2.57. The molecule has 1 aromatic rings. The smallest absolute Gasteiger partial charge is 0.220 e. The number of hydrogen-bond donors (Lipinski definition) is 1. The molecule has 4 nitrogen and oxygen atoms in total. The molecule has 0 bridgehead atoms. The van der Waals surface area contributed by atoms with Crippen LogP contribution < -0.4 is 5.32 Å². The van der Waals surface area contributed by atoms with Crippen LogP contribution in [0, 0.1) is 0 Å². The minimum Gasteiger partial charge on any atom is -0.356 e. The van der Waals surface area contributed by atoms with Crippen molar-refractivity contribution in [3.63, 3.8) is 0 Å². The molecule has 5 heteroatoms. The van der Waals surface area contributed by atoms with Gasteiger partial charge in [0.2, 0.25) is 5.91 Å². The third-order valence-electron chi connectivity index (χ3n) is 3.98. The van der Waals surface area contributed by atoms with Crippen LogP contribution in [0.5, 0.6) is 0 Å². The molecule has 0 atom stereocenters. The van der Waals surface area contributed by atoms with Crippen molar-refractivity contribution >= 4 is 17.2 Å². The van der Waals surface area contributed by atoms with Crippen molar-refractivity contribution in [2.75, 3.05) is 46.3 Å².